The van der Waals surface area contributed by atoms with E-state index in [-0.39, 0.29) is 17.9 Å². The fourth-order valence-corrected chi connectivity index (χ4v) is 5.94. The van der Waals surface area contributed by atoms with Crippen LogP contribution in [0.2, 0.25) is 0 Å². The van der Waals surface area contributed by atoms with Crippen LogP contribution >= 0.6 is 0 Å². The van der Waals surface area contributed by atoms with Crippen LogP contribution < -0.4 is 5.32 Å². The number of nitrogens with one attached hydrogen (secondary N) is 1. The van der Waals surface area contributed by atoms with Crippen LogP contribution in [-0.4, -0.2) is 73.6 Å². The summed E-state index contributed by atoms with van der Waals surface area (Å²) in [6.07, 6.45) is 4.10. The van der Waals surface area contributed by atoms with E-state index in [0.717, 1.165) is 31.2 Å². The molecule has 0 aliphatic carbocycles. The second kappa shape index (κ2) is 10.7. The third kappa shape index (κ3) is 6.03. The predicted octanol–water partition coefficient (Wildman–Crippen LogP) is 2.24. The van der Waals surface area contributed by atoms with E-state index in [1.54, 1.807) is 8.61 Å². The Labute approximate surface area is 181 Å². The first-order valence-corrected chi connectivity index (χ1v) is 12.6. The molecule has 2 aliphatic heterocycles. The molecule has 30 heavy (non-hydrogen) atoms. The van der Waals surface area contributed by atoms with Crippen LogP contribution in [0.1, 0.15) is 51.1 Å². The van der Waals surface area contributed by atoms with Crippen LogP contribution in [0.15, 0.2) is 30.3 Å². The third-order valence-corrected chi connectivity index (χ3v) is 8.09. The Balaban J connectivity index is 1.50. The molecule has 0 aromatic heterocycles. The van der Waals surface area contributed by atoms with E-state index < -0.39 is 10.2 Å². The highest BCUT2D eigenvalue weighted by molar-refractivity contribution is 7.86. The first-order valence-electron chi connectivity index (χ1n) is 11.2. The van der Waals surface area contributed by atoms with Crippen molar-refractivity contribution in [3.8, 4) is 0 Å². The van der Waals surface area contributed by atoms with Crippen molar-refractivity contribution in [2.45, 2.75) is 45.6 Å². The molecule has 168 valence electrons. The molecule has 0 bridgehead atoms. The van der Waals surface area contributed by atoms with Gasteiger partial charge in [0.1, 0.15) is 0 Å². The van der Waals surface area contributed by atoms with Gasteiger partial charge < -0.3 is 5.32 Å². The van der Waals surface area contributed by atoms with Gasteiger partial charge in [0, 0.05) is 39.3 Å². The Morgan fingerprint density at radius 2 is 1.47 bits per heavy atom. The van der Waals surface area contributed by atoms with Gasteiger partial charge >= 0.3 is 0 Å². The van der Waals surface area contributed by atoms with Crippen molar-refractivity contribution in [1.82, 2.24) is 18.8 Å². The van der Waals surface area contributed by atoms with E-state index in [2.05, 4.69) is 19.2 Å². The molecule has 1 amide bonds. The number of carbonyl (C=O) groups is 1. The summed E-state index contributed by atoms with van der Waals surface area (Å²) in [4.78, 5) is 14.7. The van der Waals surface area contributed by atoms with Crippen LogP contribution in [0.5, 0.6) is 0 Å². The van der Waals surface area contributed by atoms with E-state index in [1.807, 2.05) is 35.2 Å². The third-order valence-electron chi connectivity index (χ3n) is 6.06. The molecule has 1 atom stereocenters. The summed E-state index contributed by atoms with van der Waals surface area (Å²) in [5.41, 5.74) is 1.11. The smallest absolute Gasteiger partial charge is 0.282 e. The number of carbonyl (C=O) groups excluding carboxylic acids is 1. The lowest BCUT2D eigenvalue weighted by atomic mass is 9.96. The topological polar surface area (TPSA) is 73.0 Å². The van der Waals surface area contributed by atoms with Crippen LogP contribution in [0.4, 0.5) is 0 Å². The van der Waals surface area contributed by atoms with Crippen molar-refractivity contribution in [2.24, 2.45) is 5.92 Å². The first kappa shape index (κ1) is 23.2. The average Bonchev–Trinajstić information content (AvgIpc) is 3.03. The minimum Gasteiger partial charge on any atom is -0.348 e. The summed E-state index contributed by atoms with van der Waals surface area (Å²) in [7, 11) is -3.39. The Hall–Kier alpha value is -1.48. The van der Waals surface area contributed by atoms with Gasteiger partial charge in [0.15, 0.2) is 0 Å². The second-order valence-corrected chi connectivity index (χ2v) is 10.6. The lowest BCUT2D eigenvalue weighted by Crippen LogP contribution is -2.54. The van der Waals surface area contributed by atoms with Crippen molar-refractivity contribution < 1.29 is 13.2 Å². The van der Waals surface area contributed by atoms with Crippen LogP contribution in [0, 0.1) is 5.92 Å². The van der Waals surface area contributed by atoms with Crippen molar-refractivity contribution >= 4 is 16.1 Å². The Morgan fingerprint density at radius 1 is 0.900 bits per heavy atom. The maximum atomic E-state index is 13.0. The lowest BCUT2D eigenvalue weighted by Gasteiger charge is -2.36. The normalized spacial score (nSPS) is 21.3. The second-order valence-electron chi connectivity index (χ2n) is 8.70. The number of benzene rings is 1. The summed E-state index contributed by atoms with van der Waals surface area (Å²) in [5.74, 6) is 0.272. The summed E-state index contributed by atoms with van der Waals surface area (Å²) in [6.45, 7) is 7.80. The molecule has 3 rings (SSSR count). The lowest BCUT2D eigenvalue weighted by molar-refractivity contribution is -0.123. The molecular weight excluding hydrogens is 400 g/mol. The van der Waals surface area contributed by atoms with Gasteiger partial charge in [0.05, 0.1) is 12.6 Å². The van der Waals surface area contributed by atoms with Crippen molar-refractivity contribution in [1.29, 1.82) is 0 Å². The maximum absolute atomic E-state index is 13.0. The highest BCUT2D eigenvalue weighted by Gasteiger charge is 2.33. The minimum absolute atomic E-state index is 0.0126. The van der Waals surface area contributed by atoms with Crippen molar-refractivity contribution in [3.63, 3.8) is 0 Å². The molecule has 2 aliphatic rings. The number of hydrogen-bond donors (Lipinski definition) is 1. The van der Waals surface area contributed by atoms with Crippen LogP contribution in [0.25, 0.3) is 0 Å². The van der Waals surface area contributed by atoms with Crippen molar-refractivity contribution in [3.05, 3.63) is 35.9 Å². The average molecular weight is 437 g/mol. The minimum atomic E-state index is -3.39. The molecule has 2 heterocycles. The predicted molar refractivity (Wildman–Crippen MR) is 119 cm³/mol. The molecule has 1 N–H and O–H groups in total. The standard InChI is InChI=1S/C22H36N4O3S/c1-19(2)22(20-10-6-5-7-11-20)23-21(27)18-24-14-16-26(17-15-24)30(28,29)25-12-8-3-4-9-13-25/h5-7,10-11,19,22H,3-4,8-9,12-18H2,1-2H3,(H,23,27). The van der Waals surface area contributed by atoms with Gasteiger partial charge in [-0.15, -0.1) is 0 Å². The molecule has 2 saturated heterocycles. The summed E-state index contributed by atoms with van der Waals surface area (Å²) >= 11 is 0. The summed E-state index contributed by atoms with van der Waals surface area (Å²) < 4.78 is 29.1. The summed E-state index contributed by atoms with van der Waals surface area (Å²) in [5, 5.41) is 3.16. The molecule has 1 aromatic carbocycles. The number of hydrogen-bond acceptors (Lipinski definition) is 4. The van der Waals surface area contributed by atoms with Crippen LogP contribution in [0.3, 0.4) is 0 Å². The Kier molecular flexibility index (Phi) is 8.27. The molecule has 0 saturated carbocycles. The largest absolute Gasteiger partial charge is 0.348 e. The zero-order chi connectivity index (χ0) is 21.6. The monoisotopic (exact) mass is 436 g/mol. The van der Waals surface area contributed by atoms with Gasteiger partial charge in [-0.3, -0.25) is 9.69 Å². The molecule has 2 fully saturated rings. The highest BCUT2D eigenvalue weighted by Crippen LogP contribution is 2.21. The number of rotatable bonds is 7. The number of piperazine rings is 1. The van der Waals surface area contributed by atoms with Gasteiger partial charge in [-0.25, -0.2) is 0 Å². The van der Waals surface area contributed by atoms with E-state index in [0.29, 0.717) is 45.8 Å². The van der Waals surface area contributed by atoms with E-state index in [9.17, 15) is 13.2 Å². The van der Waals surface area contributed by atoms with E-state index in [4.69, 9.17) is 0 Å². The van der Waals surface area contributed by atoms with Gasteiger partial charge in [-0.1, -0.05) is 57.0 Å². The molecule has 7 nitrogen and oxygen atoms in total. The summed E-state index contributed by atoms with van der Waals surface area (Å²) in [6, 6.07) is 10.0. The molecular formula is C22H36N4O3S. The molecule has 0 spiro atoms. The van der Waals surface area contributed by atoms with E-state index in [1.165, 1.54) is 0 Å². The fourth-order valence-electron chi connectivity index (χ4n) is 4.27. The van der Waals surface area contributed by atoms with Crippen LogP contribution in [-0.2, 0) is 15.0 Å². The van der Waals surface area contributed by atoms with Gasteiger partial charge in [0.25, 0.3) is 10.2 Å². The fraction of sp³-hybridized carbons (Fsp3) is 0.682. The van der Waals surface area contributed by atoms with Gasteiger partial charge in [0.2, 0.25) is 5.91 Å². The first-order chi connectivity index (χ1) is 14.4. The van der Waals surface area contributed by atoms with Gasteiger partial charge in [-0.2, -0.15) is 17.0 Å². The molecule has 8 heteroatoms. The SMILES string of the molecule is CC(C)C(NC(=O)CN1CCN(S(=O)(=O)N2CCCCCC2)CC1)c1ccccc1. The van der Waals surface area contributed by atoms with Crippen molar-refractivity contribution in [2.75, 3.05) is 45.8 Å². The van der Waals surface area contributed by atoms with E-state index >= 15 is 0 Å². The maximum Gasteiger partial charge on any atom is 0.282 e. The zero-order valence-electron chi connectivity index (χ0n) is 18.3. The Bertz CT molecular complexity index is 769. The van der Waals surface area contributed by atoms with Gasteiger partial charge in [-0.05, 0) is 24.3 Å². The molecule has 1 aromatic rings. The number of nitrogens with zero attached hydrogens (tertiary/aromatic N) is 3. The number of amides is 1. The molecule has 1 unspecified atom stereocenters. The zero-order valence-corrected chi connectivity index (χ0v) is 19.1. The molecule has 0 radical (unpaired) electrons. The Morgan fingerprint density at radius 3 is 2.03 bits per heavy atom. The quantitative estimate of drug-likeness (QED) is 0.712. The highest BCUT2D eigenvalue weighted by atomic mass is 32.2.